The van der Waals surface area contributed by atoms with Crippen molar-refractivity contribution >= 4 is 36.4 Å². The highest BCUT2D eigenvalue weighted by atomic mass is 28.3. The van der Waals surface area contributed by atoms with Crippen molar-refractivity contribution in [3.8, 4) is 0 Å². The molecule has 4 rings (SSSR count). The van der Waals surface area contributed by atoms with Crippen molar-refractivity contribution in [2.75, 3.05) is 7.11 Å². The van der Waals surface area contributed by atoms with Crippen LogP contribution in [0.25, 0.3) is 11.0 Å². The Labute approximate surface area is 190 Å². The second-order valence-electron chi connectivity index (χ2n) is 8.61. The Morgan fingerprint density at radius 1 is 0.906 bits per heavy atom. The Morgan fingerprint density at radius 2 is 1.50 bits per heavy atom. The Balaban J connectivity index is 1.78. The minimum atomic E-state index is -1.48. The van der Waals surface area contributed by atoms with Crippen molar-refractivity contribution in [2.45, 2.75) is 32.9 Å². The molecule has 0 saturated carbocycles. The monoisotopic (exact) mass is 443 g/mol. The number of fused-ring (bicyclic) bond motifs is 1. The van der Waals surface area contributed by atoms with E-state index in [1.165, 1.54) is 17.5 Å². The van der Waals surface area contributed by atoms with Crippen LogP contribution in [0.2, 0.25) is 0 Å². The van der Waals surface area contributed by atoms with Crippen LogP contribution in [0.5, 0.6) is 0 Å². The number of carbonyl (C=O) groups is 1. The summed E-state index contributed by atoms with van der Waals surface area (Å²) in [6.07, 6.45) is 0. The molecule has 0 bridgehead atoms. The van der Waals surface area contributed by atoms with Gasteiger partial charge in [0.15, 0.2) is 0 Å². The summed E-state index contributed by atoms with van der Waals surface area (Å²) < 4.78 is 13.7. The number of aromatic nitrogens is 2. The highest BCUT2D eigenvalue weighted by Gasteiger charge is 2.27. The van der Waals surface area contributed by atoms with Crippen molar-refractivity contribution in [2.24, 2.45) is 0 Å². The maximum atomic E-state index is 12.3. The summed E-state index contributed by atoms with van der Waals surface area (Å²) in [5, 5.41) is 2.36. The fourth-order valence-corrected chi connectivity index (χ4v) is 5.68. The van der Waals surface area contributed by atoms with Gasteiger partial charge in [0.2, 0.25) is 0 Å². The summed E-state index contributed by atoms with van der Waals surface area (Å²) in [6.45, 7) is 6.68. The Kier molecular flexibility index (Phi) is 6.25. The van der Waals surface area contributed by atoms with E-state index in [0.29, 0.717) is 17.8 Å². The lowest BCUT2D eigenvalue weighted by Gasteiger charge is -2.22. The smallest absolute Gasteiger partial charge is 0.340 e. The molecule has 0 spiro atoms. The molecule has 0 atom stereocenters. The average molecular weight is 444 g/mol. The highest BCUT2D eigenvalue weighted by Crippen LogP contribution is 2.28. The summed E-state index contributed by atoms with van der Waals surface area (Å²) in [5.74, 6) is 0.478. The summed E-state index contributed by atoms with van der Waals surface area (Å²) in [7, 11) is -0.0864. The first-order valence-corrected chi connectivity index (χ1v) is 12.0. The number of ether oxygens (including phenoxy) is 1. The van der Waals surface area contributed by atoms with Gasteiger partial charge in [0, 0.05) is 5.41 Å². The van der Waals surface area contributed by atoms with Crippen LogP contribution in [-0.2, 0) is 21.3 Å². The lowest BCUT2D eigenvalue weighted by Crippen LogP contribution is -2.45. The molecule has 1 radical (unpaired) electrons. The van der Waals surface area contributed by atoms with Crippen molar-refractivity contribution in [1.29, 1.82) is 0 Å². The van der Waals surface area contributed by atoms with E-state index in [1.807, 2.05) is 48.5 Å². The Bertz CT molecular complexity index is 1180. The fraction of sp³-hybridized carbons (Fsp3) is 0.231. The molecule has 0 aliphatic rings. The fourth-order valence-electron chi connectivity index (χ4n) is 3.77. The molecule has 32 heavy (non-hydrogen) atoms. The van der Waals surface area contributed by atoms with Crippen molar-refractivity contribution in [3.63, 3.8) is 0 Å². The molecule has 0 saturated heterocycles. The molecule has 1 heterocycles. The van der Waals surface area contributed by atoms with E-state index in [-0.39, 0.29) is 11.4 Å². The van der Waals surface area contributed by atoms with E-state index >= 15 is 0 Å². The zero-order chi connectivity index (χ0) is 22.7. The van der Waals surface area contributed by atoms with Crippen LogP contribution in [-0.4, -0.2) is 31.7 Å². The van der Waals surface area contributed by atoms with Crippen LogP contribution in [0.4, 0.5) is 0 Å². The van der Waals surface area contributed by atoms with E-state index in [0.717, 1.165) is 11.3 Å². The van der Waals surface area contributed by atoms with Crippen LogP contribution in [0, 0.1) is 0 Å². The van der Waals surface area contributed by atoms with E-state index in [9.17, 15) is 4.79 Å². The summed E-state index contributed by atoms with van der Waals surface area (Å²) in [5.41, 5.74) is 1.73. The molecular weight excluding hydrogens is 416 g/mol. The quantitative estimate of drug-likeness (QED) is 0.335. The third-order valence-electron chi connectivity index (χ3n) is 5.26. The number of esters is 1. The van der Waals surface area contributed by atoms with Gasteiger partial charge >= 0.3 is 5.97 Å². The van der Waals surface area contributed by atoms with E-state index in [4.69, 9.17) is 14.1 Å². The number of methoxy groups -OCH3 is 1. The number of carbonyl (C=O) groups excluding carboxylic acids is 1. The normalized spacial score (nSPS) is 11.8. The number of hydrogen-bond acceptors (Lipinski definition) is 4. The predicted molar refractivity (Wildman–Crippen MR) is 129 cm³/mol. The van der Waals surface area contributed by atoms with Crippen LogP contribution < -0.4 is 10.4 Å². The molecule has 4 aromatic rings. The summed E-state index contributed by atoms with van der Waals surface area (Å²) >= 11 is 0. The molecule has 0 aliphatic heterocycles. The lowest BCUT2D eigenvalue weighted by atomic mass is 9.96. The van der Waals surface area contributed by atoms with Gasteiger partial charge in [0.1, 0.15) is 18.1 Å². The zero-order valence-electron chi connectivity index (χ0n) is 18.8. The molecule has 0 fully saturated rings. The van der Waals surface area contributed by atoms with Gasteiger partial charge in [-0.25, -0.2) is 9.78 Å². The maximum Gasteiger partial charge on any atom is 0.340 e. The van der Waals surface area contributed by atoms with Gasteiger partial charge in [-0.1, -0.05) is 87.5 Å². The lowest BCUT2D eigenvalue weighted by molar-refractivity contribution is 0.0602. The molecule has 1 aromatic heterocycles. The molecule has 0 unspecified atom stereocenters. The minimum absolute atomic E-state index is 0.234. The number of imidazole rings is 1. The van der Waals surface area contributed by atoms with E-state index in [1.54, 1.807) is 6.07 Å². The molecule has 0 N–H and O–H groups in total. The summed E-state index contributed by atoms with van der Waals surface area (Å²) in [4.78, 5) is 17.2. The van der Waals surface area contributed by atoms with Gasteiger partial charge in [0.25, 0.3) is 9.04 Å². The first-order valence-electron chi connectivity index (χ1n) is 10.6. The van der Waals surface area contributed by atoms with Crippen LogP contribution in [0.3, 0.4) is 0 Å². The molecular formula is C26H27N2O3Si. The van der Waals surface area contributed by atoms with Crippen LogP contribution >= 0.6 is 0 Å². The molecule has 163 valence electrons. The molecule has 0 amide bonds. The predicted octanol–water partition coefficient (Wildman–Crippen LogP) is 3.90. The number of hydrogen-bond donors (Lipinski definition) is 0. The van der Waals surface area contributed by atoms with Crippen LogP contribution in [0.1, 0.15) is 37.0 Å². The second-order valence-corrected chi connectivity index (χ2v) is 10.7. The number of rotatable bonds is 6. The second kappa shape index (κ2) is 9.10. The SMILES string of the molecule is COC(=O)c1cccc2c1nc(C(C)(C)C)n2CO[Si](c1ccccc1)c1ccccc1. The minimum Gasteiger partial charge on any atom is -0.465 e. The van der Waals surface area contributed by atoms with E-state index in [2.05, 4.69) is 49.6 Å². The first-order chi connectivity index (χ1) is 15.4. The Morgan fingerprint density at radius 3 is 2.03 bits per heavy atom. The highest BCUT2D eigenvalue weighted by molar-refractivity contribution is 6.79. The van der Waals surface area contributed by atoms with Crippen molar-refractivity contribution in [1.82, 2.24) is 9.55 Å². The van der Waals surface area contributed by atoms with Gasteiger partial charge in [-0.3, -0.25) is 0 Å². The third-order valence-corrected chi connectivity index (χ3v) is 7.40. The largest absolute Gasteiger partial charge is 0.465 e. The molecule has 0 aliphatic carbocycles. The summed E-state index contributed by atoms with van der Waals surface area (Å²) in [6, 6.07) is 26.3. The standard InChI is InChI=1S/C26H27N2O3Si/c1-26(2,3)25-27-23-21(24(29)30-4)16-11-17-22(23)28(25)18-31-32(19-12-7-5-8-13-19)20-14-9-6-10-15-20/h5-17H,18H2,1-4H3. The van der Waals surface area contributed by atoms with Crippen molar-refractivity contribution in [3.05, 3.63) is 90.3 Å². The number of para-hydroxylation sites is 1. The molecule has 5 nitrogen and oxygen atoms in total. The first kappa shape index (κ1) is 22.0. The van der Waals surface area contributed by atoms with Gasteiger partial charge in [0.05, 0.1) is 18.2 Å². The van der Waals surface area contributed by atoms with Gasteiger partial charge in [-0.05, 0) is 22.5 Å². The van der Waals surface area contributed by atoms with Gasteiger partial charge in [-0.2, -0.15) is 0 Å². The van der Waals surface area contributed by atoms with Gasteiger partial charge < -0.3 is 13.7 Å². The molecule has 3 aromatic carbocycles. The van der Waals surface area contributed by atoms with Crippen LogP contribution in [0.15, 0.2) is 78.9 Å². The third kappa shape index (κ3) is 4.37. The average Bonchev–Trinajstić information content (AvgIpc) is 3.19. The Hall–Kier alpha value is -3.22. The molecule has 6 heteroatoms. The van der Waals surface area contributed by atoms with E-state index < -0.39 is 9.04 Å². The van der Waals surface area contributed by atoms with Crippen molar-refractivity contribution < 1.29 is 14.0 Å². The zero-order valence-corrected chi connectivity index (χ0v) is 19.8. The number of nitrogens with zero attached hydrogens (tertiary/aromatic N) is 2. The van der Waals surface area contributed by atoms with Gasteiger partial charge in [-0.15, -0.1) is 0 Å². The number of benzene rings is 3. The maximum absolute atomic E-state index is 12.3. The topological polar surface area (TPSA) is 53.3 Å².